The van der Waals surface area contributed by atoms with E-state index < -0.39 is 0 Å². The number of nitrogens with zero attached hydrogens (tertiary/aromatic N) is 5. The van der Waals surface area contributed by atoms with Gasteiger partial charge in [0.15, 0.2) is 11.6 Å². The molecular weight excluding hydrogens is 208 g/mol. The van der Waals surface area contributed by atoms with Crippen molar-refractivity contribution in [1.82, 2.24) is 20.1 Å². The minimum atomic E-state index is 0.240. The van der Waals surface area contributed by atoms with Crippen LogP contribution in [-0.4, -0.2) is 26.8 Å². The van der Waals surface area contributed by atoms with E-state index in [4.69, 9.17) is 10.3 Å². The van der Waals surface area contributed by atoms with Crippen LogP contribution in [0.3, 0.4) is 0 Å². The van der Waals surface area contributed by atoms with Gasteiger partial charge in [-0.05, 0) is 6.72 Å². The minimum absolute atomic E-state index is 0.240. The van der Waals surface area contributed by atoms with Crippen LogP contribution in [0.5, 0.6) is 0 Å². The number of aliphatic imine (C=N–C) groups is 1. The molecule has 2 rings (SSSR count). The molecule has 0 bridgehead atoms. The van der Waals surface area contributed by atoms with Crippen molar-refractivity contribution in [1.29, 1.82) is 0 Å². The van der Waals surface area contributed by atoms with Gasteiger partial charge in [-0.1, -0.05) is 12.1 Å². The van der Waals surface area contributed by atoms with Crippen molar-refractivity contribution in [2.75, 3.05) is 5.73 Å². The van der Waals surface area contributed by atoms with Crippen molar-refractivity contribution in [3.05, 3.63) is 12.2 Å². The summed E-state index contributed by atoms with van der Waals surface area (Å²) in [5.74, 6) is 1.42. The number of aromatic nitrogens is 4. The summed E-state index contributed by atoms with van der Waals surface area (Å²) in [5.41, 5.74) is 6.13. The smallest absolute Gasteiger partial charge is 0.265 e. The average molecular weight is 218 g/mol. The Morgan fingerprint density at radius 1 is 1.50 bits per heavy atom. The molecule has 0 spiro atoms. The second-order valence-corrected chi connectivity index (χ2v) is 2.98. The van der Waals surface area contributed by atoms with Crippen LogP contribution >= 0.6 is 0 Å². The number of hydrogen-bond donors (Lipinski definition) is 1. The highest BCUT2D eigenvalue weighted by Gasteiger charge is 2.17. The zero-order valence-electron chi connectivity index (χ0n) is 8.71. The van der Waals surface area contributed by atoms with Crippen LogP contribution in [0.25, 0.3) is 11.5 Å². The van der Waals surface area contributed by atoms with Crippen molar-refractivity contribution in [2.45, 2.75) is 13.3 Å². The van der Waals surface area contributed by atoms with Gasteiger partial charge in [0, 0.05) is 6.42 Å². The molecule has 2 aromatic rings. The maximum atomic E-state index is 5.71. The molecule has 7 heteroatoms. The van der Waals surface area contributed by atoms with Gasteiger partial charge in [-0.2, -0.15) is 4.98 Å². The van der Waals surface area contributed by atoms with Crippen LogP contribution in [0.1, 0.15) is 12.7 Å². The predicted molar refractivity (Wildman–Crippen MR) is 58.3 cm³/mol. The Morgan fingerprint density at radius 3 is 2.94 bits per heavy atom. The summed E-state index contributed by atoms with van der Waals surface area (Å²) in [6.07, 6.45) is 1.98. The Kier molecular flexibility index (Phi) is 2.59. The van der Waals surface area contributed by atoms with E-state index in [2.05, 4.69) is 31.8 Å². The van der Waals surface area contributed by atoms with E-state index in [1.54, 1.807) is 0 Å². The molecular formula is C9H10N6O. The van der Waals surface area contributed by atoms with Gasteiger partial charge in [0.1, 0.15) is 17.7 Å². The lowest BCUT2D eigenvalue weighted by Crippen LogP contribution is -1.96. The Hall–Kier alpha value is -2.31. The Bertz CT molecular complexity index is 520. The van der Waals surface area contributed by atoms with Crippen LogP contribution in [0.15, 0.2) is 15.8 Å². The van der Waals surface area contributed by atoms with Crippen LogP contribution in [0, 0.1) is 0 Å². The summed E-state index contributed by atoms with van der Waals surface area (Å²) in [4.78, 5) is 15.6. The first kappa shape index (κ1) is 10.2. The molecule has 0 aliphatic heterocycles. The molecule has 2 heterocycles. The largest absolute Gasteiger partial charge is 0.383 e. The van der Waals surface area contributed by atoms with E-state index in [9.17, 15) is 0 Å². The Balaban J connectivity index is 2.58. The second kappa shape index (κ2) is 4.05. The highest BCUT2D eigenvalue weighted by Crippen LogP contribution is 2.30. The van der Waals surface area contributed by atoms with Gasteiger partial charge in [-0.15, -0.1) is 0 Å². The number of nitrogen functional groups attached to an aromatic ring is 1. The molecule has 7 nitrogen and oxygen atoms in total. The first-order chi connectivity index (χ1) is 7.76. The fraction of sp³-hybridized carbons (Fsp3) is 0.222. The van der Waals surface area contributed by atoms with Gasteiger partial charge in [-0.3, -0.25) is 0 Å². The molecule has 16 heavy (non-hydrogen) atoms. The quantitative estimate of drug-likeness (QED) is 0.771. The molecule has 0 atom stereocenters. The second-order valence-electron chi connectivity index (χ2n) is 2.98. The standard InChI is InChI=1S/C9H10N6O/c1-3-5-14-9(16-15-5)6-7(10)12-4-13-8(6)11-2/h4H,2-3H2,1H3,(H2,10,12,13). The molecule has 0 saturated heterocycles. The van der Waals surface area contributed by atoms with E-state index >= 15 is 0 Å². The molecule has 82 valence electrons. The van der Waals surface area contributed by atoms with Gasteiger partial charge in [0.25, 0.3) is 5.89 Å². The zero-order chi connectivity index (χ0) is 11.5. The van der Waals surface area contributed by atoms with E-state index in [0.717, 1.165) is 0 Å². The summed E-state index contributed by atoms with van der Waals surface area (Å²) < 4.78 is 5.06. The third kappa shape index (κ3) is 1.62. The third-order valence-electron chi connectivity index (χ3n) is 2.00. The molecule has 2 N–H and O–H groups in total. The van der Waals surface area contributed by atoms with Crippen molar-refractivity contribution < 1.29 is 4.52 Å². The molecule has 0 aliphatic rings. The fourth-order valence-corrected chi connectivity index (χ4v) is 1.21. The summed E-state index contributed by atoms with van der Waals surface area (Å²) in [6.45, 7) is 5.32. The average Bonchev–Trinajstić information content (AvgIpc) is 2.76. The zero-order valence-corrected chi connectivity index (χ0v) is 8.71. The van der Waals surface area contributed by atoms with Crippen molar-refractivity contribution in [3.8, 4) is 11.5 Å². The minimum Gasteiger partial charge on any atom is -0.383 e. The van der Waals surface area contributed by atoms with Crippen LogP contribution in [0.4, 0.5) is 11.6 Å². The maximum absolute atomic E-state index is 5.71. The summed E-state index contributed by atoms with van der Waals surface area (Å²) in [7, 11) is 0. The number of nitrogens with two attached hydrogens (primary N) is 1. The first-order valence-electron chi connectivity index (χ1n) is 4.66. The SMILES string of the molecule is C=Nc1ncnc(N)c1-c1nc(CC)no1. The summed E-state index contributed by atoms with van der Waals surface area (Å²) in [6, 6.07) is 0. The summed E-state index contributed by atoms with van der Waals surface area (Å²) >= 11 is 0. The molecule has 0 saturated carbocycles. The lowest BCUT2D eigenvalue weighted by molar-refractivity contribution is 0.423. The van der Waals surface area contributed by atoms with Gasteiger partial charge in [-0.25, -0.2) is 15.0 Å². The van der Waals surface area contributed by atoms with Gasteiger partial charge < -0.3 is 10.3 Å². The highest BCUT2D eigenvalue weighted by atomic mass is 16.5. The summed E-state index contributed by atoms with van der Waals surface area (Å²) in [5, 5.41) is 3.77. The number of rotatable bonds is 3. The van der Waals surface area contributed by atoms with Crippen molar-refractivity contribution in [2.24, 2.45) is 4.99 Å². The maximum Gasteiger partial charge on any atom is 0.265 e. The topological polar surface area (TPSA) is 103 Å². The van der Waals surface area contributed by atoms with Gasteiger partial charge >= 0.3 is 0 Å². The third-order valence-corrected chi connectivity index (χ3v) is 2.00. The molecule has 0 amide bonds. The van der Waals surface area contributed by atoms with E-state index in [1.165, 1.54) is 6.33 Å². The van der Waals surface area contributed by atoms with E-state index in [0.29, 0.717) is 23.6 Å². The van der Waals surface area contributed by atoms with E-state index in [1.807, 2.05) is 6.92 Å². The van der Waals surface area contributed by atoms with E-state index in [-0.39, 0.29) is 11.7 Å². The fourth-order valence-electron chi connectivity index (χ4n) is 1.21. The van der Waals surface area contributed by atoms with Crippen molar-refractivity contribution >= 4 is 18.4 Å². The van der Waals surface area contributed by atoms with Crippen LogP contribution in [-0.2, 0) is 6.42 Å². The lowest BCUT2D eigenvalue weighted by Gasteiger charge is -2.01. The normalized spacial score (nSPS) is 10.3. The number of hydrogen-bond acceptors (Lipinski definition) is 7. The molecule has 0 radical (unpaired) electrons. The Labute approximate surface area is 91.4 Å². The van der Waals surface area contributed by atoms with Crippen LogP contribution in [0.2, 0.25) is 0 Å². The molecule has 2 aromatic heterocycles. The number of anilines is 1. The molecule has 0 aliphatic carbocycles. The monoisotopic (exact) mass is 218 g/mol. The highest BCUT2D eigenvalue weighted by molar-refractivity contribution is 5.77. The van der Waals surface area contributed by atoms with Gasteiger partial charge in [0.2, 0.25) is 0 Å². The molecule has 0 fully saturated rings. The molecule has 0 aromatic carbocycles. The first-order valence-corrected chi connectivity index (χ1v) is 4.66. The van der Waals surface area contributed by atoms with Crippen molar-refractivity contribution in [3.63, 3.8) is 0 Å². The van der Waals surface area contributed by atoms with Gasteiger partial charge in [0.05, 0.1) is 0 Å². The molecule has 0 unspecified atom stereocenters. The van der Waals surface area contributed by atoms with Crippen LogP contribution < -0.4 is 5.73 Å². The lowest BCUT2D eigenvalue weighted by atomic mass is 10.3. The number of aryl methyl sites for hydroxylation is 1. The predicted octanol–water partition coefficient (Wildman–Crippen LogP) is 1.00. The Morgan fingerprint density at radius 2 is 2.31 bits per heavy atom.